The van der Waals surface area contributed by atoms with Crippen LogP contribution in [0.15, 0.2) is 0 Å². The molecule has 0 aliphatic carbocycles. The Bertz CT molecular complexity index is 1840. The van der Waals surface area contributed by atoms with Crippen molar-refractivity contribution in [2.24, 2.45) is 17.8 Å². The van der Waals surface area contributed by atoms with Gasteiger partial charge in [-0.1, -0.05) is 331 Å². The van der Waals surface area contributed by atoms with Crippen molar-refractivity contribution in [1.29, 1.82) is 0 Å². The first-order chi connectivity index (χ1) is 45.3. The van der Waals surface area contributed by atoms with Gasteiger partial charge in [-0.25, -0.2) is 9.13 Å². The van der Waals surface area contributed by atoms with Gasteiger partial charge in [-0.15, -0.1) is 0 Å². The van der Waals surface area contributed by atoms with E-state index in [1.165, 1.54) is 186 Å². The van der Waals surface area contributed by atoms with Crippen molar-refractivity contribution in [3.63, 3.8) is 0 Å². The van der Waals surface area contributed by atoms with E-state index in [4.69, 9.17) is 37.0 Å². The third kappa shape index (κ3) is 67.3. The van der Waals surface area contributed by atoms with E-state index < -0.39 is 97.5 Å². The van der Waals surface area contributed by atoms with Crippen LogP contribution < -0.4 is 0 Å². The number of rotatable bonds is 73. The Labute approximate surface area is 575 Å². The van der Waals surface area contributed by atoms with Crippen LogP contribution in [0.4, 0.5) is 0 Å². The molecular weight excluding hydrogens is 1230 g/mol. The van der Waals surface area contributed by atoms with Crippen molar-refractivity contribution in [1.82, 2.24) is 0 Å². The minimum Gasteiger partial charge on any atom is -0.462 e. The fourth-order valence-corrected chi connectivity index (χ4v) is 13.0. The second-order valence-electron chi connectivity index (χ2n) is 28.2. The molecule has 0 saturated carbocycles. The first-order valence-corrected chi connectivity index (χ1v) is 41.9. The first-order valence-electron chi connectivity index (χ1n) is 38.9. The van der Waals surface area contributed by atoms with Crippen LogP contribution >= 0.6 is 15.6 Å². The third-order valence-corrected chi connectivity index (χ3v) is 19.6. The summed E-state index contributed by atoms with van der Waals surface area (Å²) >= 11 is 0. The molecule has 0 aromatic carbocycles. The van der Waals surface area contributed by atoms with Crippen LogP contribution in [0.2, 0.25) is 0 Å². The molecule has 0 aromatic heterocycles. The van der Waals surface area contributed by atoms with E-state index in [2.05, 4.69) is 48.5 Å². The van der Waals surface area contributed by atoms with E-state index in [1.807, 2.05) is 0 Å². The summed E-state index contributed by atoms with van der Waals surface area (Å²) < 4.78 is 68.2. The Morgan fingerprint density at radius 2 is 0.543 bits per heavy atom. The van der Waals surface area contributed by atoms with Gasteiger partial charge in [0.15, 0.2) is 12.2 Å². The predicted molar refractivity (Wildman–Crippen MR) is 381 cm³/mol. The van der Waals surface area contributed by atoms with E-state index >= 15 is 0 Å². The van der Waals surface area contributed by atoms with Crippen LogP contribution in [0.1, 0.15) is 382 Å². The lowest BCUT2D eigenvalue weighted by Crippen LogP contribution is -2.30. The molecule has 0 heterocycles. The molecule has 558 valence electrons. The molecule has 0 rings (SSSR count). The molecule has 3 N–H and O–H groups in total. The monoisotopic (exact) mass is 1380 g/mol. The summed E-state index contributed by atoms with van der Waals surface area (Å²) in [5.74, 6) is 0.249. The Morgan fingerprint density at radius 3 is 0.809 bits per heavy atom. The number of hydrogen-bond donors (Lipinski definition) is 3. The van der Waals surface area contributed by atoms with E-state index in [9.17, 15) is 43.2 Å². The number of esters is 4. The van der Waals surface area contributed by atoms with Gasteiger partial charge in [0.25, 0.3) is 0 Å². The minimum atomic E-state index is -4.96. The summed E-state index contributed by atoms with van der Waals surface area (Å²) in [5, 5.41) is 10.6. The second-order valence-corrected chi connectivity index (χ2v) is 31.1. The normalized spacial score (nSPS) is 14.4. The summed E-state index contributed by atoms with van der Waals surface area (Å²) in [6.45, 7) is 11.8. The van der Waals surface area contributed by atoms with Gasteiger partial charge in [-0.3, -0.25) is 37.3 Å². The Balaban J connectivity index is 5.13. The zero-order chi connectivity index (χ0) is 69.4. The second kappa shape index (κ2) is 65.7. The number of hydrogen-bond acceptors (Lipinski definition) is 15. The van der Waals surface area contributed by atoms with Crippen molar-refractivity contribution in [3.8, 4) is 0 Å². The lowest BCUT2D eigenvalue weighted by molar-refractivity contribution is -0.161. The molecule has 0 aliphatic heterocycles. The average Bonchev–Trinajstić information content (AvgIpc) is 1.35. The molecule has 0 saturated heterocycles. The van der Waals surface area contributed by atoms with Gasteiger partial charge in [0.1, 0.15) is 19.3 Å². The number of unbranched alkanes of at least 4 members (excludes halogenated alkanes) is 40. The molecule has 94 heavy (non-hydrogen) atoms. The lowest BCUT2D eigenvalue weighted by atomic mass is 9.99. The molecule has 0 spiro atoms. The summed E-state index contributed by atoms with van der Waals surface area (Å²) in [6, 6.07) is 0. The minimum absolute atomic E-state index is 0.104. The van der Waals surface area contributed by atoms with Gasteiger partial charge < -0.3 is 33.8 Å². The fraction of sp³-hybridized carbons (Fsp3) is 0.947. The van der Waals surface area contributed by atoms with Gasteiger partial charge in [-0.05, 0) is 43.4 Å². The van der Waals surface area contributed by atoms with Crippen LogP contribution in [0.5, 0.6) is 0 Å². The smallest absolute Gasteiger partial charge is 0.462 e. The highest BCUT2D eigenvalue weighted by atomic mass is 31.2. The molecular formula is C75H146O17P2. The molecule has 6 atom stereocenters. The number of phosphoric acid groups is 2. The Morgan fingerprint density at radius 1 is 0.309 bits per heavy atom. The van der Waals surface area contributed by atoms with Crippen LogP contribution in [0.3, 0.4) is 0 Å². The van der Waals surface area contributed by atoms with Crippen molar-refractivity contribution >= 4 is 39.5 Å². The maximum absolute atomic E-state index is 13.1. The lowest BCUT2D eigenvalue weighted by Gasteiger charge is -2.21. The quantitative estimate of drug-likeness (QED) is 0.0222. The highest BCUT2D eigenvalue weighted by molar-refractivity contribution is 7.47. The zero-order valence-corrected chi connectivity index (χ0v) is 63.2. The molecule has 0 bridgehead atoms. The van der Waals surface area contributed by atoms with E-state index in [1.54, 1.807) is 0 Å². The molecule has 3 unspecified atom stereocenters. The SMILES string of the molecule is CCCCCCCC(=O)OC[C@H](COP(=O)(O)OC[C@H](O)COP(=O)(O)OC[C@@H](COC(=O)CCCCCCCCCCCCCCCC(C)C)OC(=O)CCCCCCCCCCCCCCCCCCCCC(C)C)OC(=O)CCCCCCCCCCC(C)CC. The summed E-state index contributed by atoms with van der Waals surface area (Å²) in [7, 11) is -9.90. The van der Waals surface area contributed by atoms with Crippen molar-refractivity contribution in [3.05, 3.63) is 0 Å². The third-order valence-electron chi connectivity index (χ3n) is 17.7. The molecule has 0 aliphatic rings. The number of phosphoric ester groups is 2. The van der Waals surface area contributed by atoms with Gasteiger partial charge in [-0.2, -0.15) is 0 Å². The van der Waals surface area contributed by atoms with Gasteiger partial charge in [0, 0.05) is 25.7 Å². The van der Waals surface area contributed by atoms with E-state index in [0.29, 0.717) is 25.7 Å². The van der Waals surface area contributed by atoms with Gasteiger partial charge in [0.05, 0.1) is 26.4 Å². The topological polar surface area (TPSA) is 237 Å². The van der Waals surface area contributed by atoms with Crippen molar-refractivity contribution in [2.75, 3.05) is 39.6 Å². The fourth-order valence-electron chi connectivity index (χ4n) is 11.4. The van der Waals surface area contributed by atoms with Crippen LogP contribution in [-0.2, 0) is 65.4 Å². The maximum atomic E-state index is 13.1. The number of aliphatic hydroxyl groups excluding tert-OH is 1. The molecule has 0 aromatic rings. The first kappa shape index (κ1) is 92.1. The van der Waals surface area contributed by atoms with Crippen molar-refractivity contribution in [2.45, 2.75) is 401 Å². The van der Waals surface area contributed by atoms with Gasteiger partial charge >= 0.3 is 39.5 Å². The Kier molecular flexibility index (Phi) is 64.3. The number of carbonyl (C=O) groups is 4. The van der Waals surface area contributed by atoms with E-state index in [-0.39, 0.29) is 25.7 Å². The molecule has 19 heteroatoms. The molecule has 0 radical (unpaired) electrons. The summed E-state index contributed by atoms with van der Waals surface area (Å²) in [6.07, 6.45) is 51.8. The van der Waals surface area contributed by atoms with Crippen LogP contribution in [-0.4, -0.2) is 96.7 Å². The van der Waals surface area contributed by atoms with Crippen LogP contribution in [0.25, 0.3) is 0 Å². The number of ether oxygens (including phenoxy) is 4. The zero-order valence-electron chi connectivity index (χ0n) is 61.4. The number of carbonyl (C=O) groups excluding carboxylic acids is 4. The summed E-state index contributed by atoms with van der Waals surface area (Å²) in [5.41, 5.74) is 0. The average molecular weight is 1380 g/mol. The summed E-state index contributed by atoms with van der Waals surface area (Å²) in [4.78, 5) is 72.5. The molecule has 17 nitrogen and oxygen atoms in total. The highest BCUT2D eigenvalue weighted by Gasteiger charge is 2.30. The Hall–Kier alpha value is -1.94. The highest BCUT2D eigenvalue weighted by Crippen LogP contribution is 2.45. The van der Waals surface area contributed by atoms with Crippen LogP contribution in [0, 0.1) is 17.8 Å². The standard InChI is InChI=1S/C75H146O17P2/c1-8-10-11-39-49-56-72(77)85-62-70(91-75(80)59-52-45-38-32-31-35-42-48-55-68(7)9-2)64-89-93(81,82)87-60-69(76)61-88-94(83,84)90-65-71(63-86-73(78)57-50-43-36-29-25-22-18-20-24-28-34-41-47-54-67(5)6)92-74(79)58-51-44-37-30-26-21-17-15-13-12-14-16-19-23-27-33-40-46-53-66(3)4/h66-71,76H,8-65H2,1-7H3,(H,81,82)(H,83,84)/t68?,69-,70+,71+/m0/s1. The largest absolute Gasteiger partial charge is 0.472 e. The predicted octanol–water partition coefficient (Wildman–Crippen LogP) is 21.8. The van der Waals surface area contributed by atoms with Crippen molar-refractivity contribution < 1.29 is 80.2 Å². The molecule has 0 fully saturated rings. The van der Waals surface area contributed by atoms with E-state index in [0.717, 1.165) is 114 Å². The maximum Gasteiger partial charge on any atom is 0.472 e. The number of aliphatic hydroxyl groups is 1. The van der Waals surface area contributed by atoms with Gasteiger partial charge in [0.2, 0.25) is 0 Å². The molecule has 0 amide bonds.